The van der Waals surface area contributed by atoms with Gasteiger partial charge in [0.2, 0.25) is 0 Å². The fourth-order valence-electron chi connectivity index (χ4n) is 2.54. The number of benzene rings is 1. The van der Waals surface area contributed by atoms with E-state index < -0.39 is 0 Å². The predicted octanol–water partition coefficient (Wildman–Crippen LogP) is 1.75. The molecular formula is C16H16N8. The summed E-state index contributed by atoms with van der Waals surface area (Å²) in [4.78, 5) is 6.68. The van der Waals surface area contributed by atoms with Crippen LogP contribution in [0.3, 0.4) is 0 Å². The summed E-state index contributed by atoms with van der Waals surface area (Å²) < 4.78 is 1.40. The van der Waals surface area contributed by atoms with Gasteiger partial charge in [0, 0.05) is 26.0 Å². The Morgan fingerprint density at radius 1 is 1.12 bits per heavy atom. The zero-order valence-corrected chi connectivity index (χ0v) is 13.4. The van der Waals surface area contributed by atoms with Crippen LogP contribution in [0.5, 0.6) is 0 Å². The summed E-state index contributed by atoms with van der Waals surface area (Å²) in [5.41, 5.74) is 2.75. The molecule has 0 unspecified atom stereocenters. The van der Waals surface area contributed by atoms with E-state index in [1.165, 1.54) is 4.63 Å². The average Bonchev–Trinajstić information content (AvgIpc) is 3.07. The van der Waals surface area contributed by atoms with Gasteiger partial charge in [-0.15, -0.1) is 14.8 Å². The lowest BCUT2D eigenvalue weighted by Crippen LogP contribution is -2.12. The fraction of sp³-hybridized carbons (Fsp3) is 0.188. The molecular weight excluding hydrogens is 304 g/mol. The Bertz CT molecular complexity index is 1010. The highest BCUT2D eigenvalue weighted by Crippen LogP contribution is 2.22. The first kappa shape index (κ1) is 14.3. The number of nitrogens with zero attached hydrogens (tertiary/aromatic N) is 7. The van der Waals surface area contributed by atoms with E-state index in [-0.39, 0.29) is 0 Å². The normalized spacial score (nSPS) is 11.1. The molecule has 1 aromatic carbocycles. The fourth-order valence-corrected chi connectivity index (χ4v) is 2.54. The van der Waals surface area contributed by atoms with Crippen LogP contribution in [0.2, 0.25) is 0 Å². The molecule has 4 rings (SSSR count). The lowest BCUT2D eigenvalue weighted by atomic mass is 10.1. The van der Waals surface area contributed by atoms with Crippen LogP contribution in [0.25, 0.3) is 16.6 Å². The number of hydrogen-bond acceptors (Lipinski definition) is 7. The van der Waals surface area contributed by atoms with Gasteiger partial charge in [-0.05, 0) is 40.3 Å². The molecule has 0 amide bonds. The molecule has 1 N–H and O–H groups in total. The number of rotatable bonds is 4. The highest BCUT2D eigenvalue weighted by molar-refractivity contribution is 5.84. The molecule has 0 spiro atoms. The van der Waals surface area contributed by atoms with Crippen molar-refractivity contribution in [2.45, 2.75) is 6.54 Å². The van der Waals surface area contributed by atoms with Crippen molar-refractivity contribution < 1.29 is 0 Å². The molecule has 0 saturated heterocycles. The largest absolute Gasteiger partial charge is 0.364 e. The first-order valence-corrected chi connectivity index (χ1v) is 7.56. The van der Waals surface area contributed by atoms with Crippen LogP contribution in [-0.4, -0.2) is 44.3 Å². The quantitative estimate of drug-likeness (QED) is 0.613. The van der Waals surface area contributed by atoms with Crippen LogP contribution in [0.15, 0.2) is 42.5 Å². The molecule has 0 aliphatic carbocycles. The standard InChI is InChI=1S/C16H16N8/c1-23(2)16-9-11(12-5-3-4-6-13(12)18-16)10-17-14-7-8-15-19-21-22-24(15)20-14/h3-9H,10H2,1-2H3,(H,17,20). The van der Waals surface area contributed by atoms with Crippen LogP contribution in [0.1, 0.15) is 5.56 Å². The predicted molar refractivity (Wildman–Crippen MR) is 92.0 cm³/mol. The molecule has 0 fully saturated rings. The number of nitrogens with one attached hydrogen (secondary N) is 1. The Kier molecular flexibility index (Phi) is 3.42. The maximum Gasteiger partial charge on any atom is 0.200 e. The van der Waals surface area contributed by atoms with Gasteiger partial charge in [-0.2, -0.15) is 0 Å². The van der Waals surface area contributed by atoms with Crippen LogP contribution in [-0.2, 0) is 6.54 Å². The van der Waals surface area contributed by atoms with E-state index in [1.54, 1.807) is 0 Å². The molecule has 0 radical (unpaired) electrons. The van der Waals surface area contributed by atoms with Gasteiger partial charge >= 0.3 is 0 Å². The summed E-state index contributed by atoms with van der Waals surface area (Å²) in [6, 6.07) is 13.9. The third-order valence-corrected chi connectivity index (χ3v) is 3.78. The van der Waals surface area contributed by atoms with Crippen molar-refractivity contribution in [3.8, 4) is 0 Å². The summed E-state index contributed by atoms with van der Waals surface area (Å²) in [7, 11) is 3.98. The third-order valence-electron chi connectivity index (χ3n) is 3.78. The number of fused-ring (bicyclic) bond motifs is 2. The topological polar surface area (TPSA) is 84.1 Å². The van der Waals surface area contributed by atoms with Gasteiger partial charge in [0.1, 0.15) is 11.6 Å². The van der Waals surface area contributed by atoms with Gasteiger partial charge in [0.25, 0.3) is 0 Å². The summed E-state index contributed by atoms with van der Waals surface area (Å²) in [5, 5.41) is 20.0. The third kappa shape index (κ3) is 2.58. The highest BCUT2D eigenvalue weighted by Gasteiger charge is 2.08. The van der Waals surface area contributed by atoms with E-state index in [4.69, 9.17) is 0 Å². The minimum atomic E-state index is 0.616. The van der Waals surface area contributed by atoms with Crippen molar-refractivity contribution in [3.63, 3.8) is 0 Å². The van der Waals surface area contributed by atoms with Gasteiger partial charge in [-0.1, -0.05) is 18.2 Å². The molecule has 8 nitrogen and oxygen atoms in total. The average molecular weight is 320 g/mol. The number of para-hydroxylation sites is 1. The van der Waals surface area contributed by atoms with Crippen molar-refractivity contribution >= 4 is 28.2 Å². The van der Waals surface area contributed by atoms with E-state index in [1.807, 2.05) is 49.3 Å². The van der Waals surface area contributed by atoms with E-state index in [9.17, 15) is 0 Å². The number of hydrogen-bond donors (Lipinski definition) is 1. The van der Waals surface area contributed by atoms with E-state index in [0.29, 0.717) is 18.0 Å². The molecule has 3 heterocycles. The Morgan fingerprint density at radius 2 is 2.00 bits per heavy atom. The van der Waals surface area contributed by atoms with Crippen molar-refractivity contribution in [3.05, 3.63) is 48.0 Å². The molecule has 24 heavy (non-hydrogen) atoms. The first-order valence-electron chi connectivity index (χ1n) is 7.56. The Hall–Kier alpha value is -3.29. The monoisotopic (exact) mass is 320 g/mol. The zero-order valence-electron chi connectivity index (χ0n) is 13.4. The second kappa shape index (κ2) is 5.73. The number of pyridine rings is 1. The van der Waals surface area contributed by atoms with Crippen LogP contribution >= 0.6 is 0 Å². The molecule has 8 heteroatoms. The molecule has 3 aromatic heterocycles. The van der Waals surface area contributed by atoms with Gasteiger partial charge in [-0.3, -0.25) is 0 Å². The number of aromatic nitrogens is 6. The molecule has 0 aliphatic heterocycles. The summed E-state index contributed by atoms with van der Waals surface area (Å²) >= 11 is 0. The number of anilines is 2. The SMILES string of the molecule is CN(C)c1cc(CNc2ccc3nnnn3n2)c2ccccc2n1. The van der Waals surface area contributed by atoms with Crippen molar-refractivity contribution in [2.24, 2.45) is 0 Å². The second-order valence-electron chi connectivity index (χ2n) is 5.65. The molecule has 0 bridgehead atoms. The summed E-state index contributed by atoms with van der Waals surface area (Å²) in [6.45, 7) is 0.629. The molecule has 0 atom stereocenters. The van der Waals surface area contributed by atoms with E-state index in [2.05, 4.69) is 43.1 Å². The highest BCUT2D eigenvalue weighted by atomic mass is 15.6. The van der Waals surface area contributed by atoms with Crippen molar-refractivity contribution in [1.29, 1.82) is 0 Å². The van der Waals surface area contributed by atoms with Gasteiger partial charge in [0.15, 0.2) is 5.65 Å². The lowest BCUT2D eigenvalue weighted by molar-refractivity contribution is 0.734. The van der Waals surface area contributed by atoms with Crippen LogP contribution < -0.4 is 10.2 Å². The number of tetrazole rings is 1. The maximum atomic E-state index is 4.68. The van der Waals surface area contributed by atoms with Gasteiger partial charge in [-0.25, -0.2) is 4.98 Å². The molecule has 0 saturated carbocycles. The molecule has 0 aliphatic rings. The smallest absolute Gasteiger partial charge is 0.200 e. The van der Waals surface area contributed by atoms with Gasteiger partial charge in [0.05, 0.1) is 5.52 Å². The molecule has 120 valence electrons. The van der Waals surface area contributed by atoms with Crippen molar-refractivity contribution in [1.82, 2.24) is 30.2 Å². The Balaban J connectivity index is 1.67. The minimum absolute atomic E-state index is 0.616. The van der Waals surface area contributed by atoms with Gasteiger partial charge < -0.3 is 10.2 Å². The zero-order chi connectivity index (χ0) is 16.5. The first-order chi connectivity index (χ1) is 11.7. The minimum Gasteiger partial charge on any atom is -0.364 e. The summed E-state index contributed by atoms with van der Waals surface area (Å²) in [5.74, 6) is 1.64. The van der Waals surface area contributed by atoms with Crippen molar-refractivity contribution in [2.75, 3.05) is 24.3 Å². The lowest BCUT2D eigenvalue weighted by Gasteiger charge is -2.15. The van der Waals surface area contributed by atoms with Crippen LogP contribution in [0, 0.1) is 0 Å². The summed E-state index contributed by atoms with van der Waals surface area (Å²) in [6.07, 6.45) is 0. The second-order valence-corrected chi connectivity index (χ2v) is 5.65. The Morgan fingerprint density at radius 3 is 2.88 bits per heavy atom. The van der Waals surface area contributed by atoms with E-state index in [0.717, 1.165) is 22.3 Å². The van der Waals surface area contributed by atoms with Crippen LogP contribution in [0.4, 0.5) is 11.6 Å². The maximum absolute atomic E-state index is 4.68. The van der Waals surface area contributed by atoms with E-state index >= 15 is 0 Å². The molecule has 4 aromatic rings. The Labute approximate surface area is 138 Å².